The summed E-state index contributed by atoms with van der Waals surface area (Å²) in [7, 11) is 0. The van der Waals surface area contributed by atoms with Crippen LogP contribution < -0.4 is 5.56 Å². The standard InChI is InChI=1S/C10H12N2O2S/c13-7-3-1-2-4-8(7)15-10-11-6-5-9(14)12-10/h5-6,8H,1-4H2,(H,11,12,14). The number of carbonyl (C=O) groups excluding carboxylic acids is 1. The van der Waals surface area contributed by atoms with Gasteiger partial charge in [-0.25, -0.2) is 4.98 Å². The fourth-order valence-electron chi connectivity index (χ4n) is 1.62. The Bertz CT molecular complexity index is 416. The van der Waals surface area contributed by atoms with Crippen molar-refractivity contribution in [1.29, 1.82) is 0 Å². The van der Waals surface area contributed by atoms with E-state index in [9.17, 15) is 9.59 Å². The summed E-state index contributed by atoms with van der Waals surface area (Å²) in [5.41, 5.74) is -0.171. The number of carbonyl (C=O) groups is 1. The van der Waals surface area contributed by atoms with Gasteiger partial charge in [0.05, 0.1) is 5.25 Å². The van der Waals surface area contributed by atoms with Crippen LogP contribution in [0.25, 0.3) is 0 Å². The molecule has 0 spiro atoms. The molecule has 80 valence electrons. The Morgan fingerprint density at radius 1 is 1.40 bits per heavy atom. The maximum atomic E-state index is 11.5. The van der Waals surface area contributed by atoms with Crippen molar-refractivity contribution in [1.82, 2.24) is 9.97 Å². The fraction of sp³-hybridized carbons (Fsp3) is 0.500. The van der Waals surface area contributed by atoms with Gasteiger partial charge in [0.2, 0.25) is 0 Å². The van der Waals surface area contributed by atoms with Crippen molar-refractivity contribution in [3.63, 3.8) is 0 Å². The zero-order valence-electron chi connectivity index (χ0n) is 8.23. The van der Waals surface area contributed by atoms with Gasteiger partial charge >= 0.3 is 0 Å². The molecule has 1 heterocycles. The smallest absolute Gasteiger partial charge is 0.251 e. The van der Waals surface area contributed by atoms with Crippen molar-refractivity contribution in [2.45, 2.75) is 36.1 Å². The second kappa shape index (κ2) is 4.61. The van der Waals surface area contributed by atoms with Crippen LogP contribution in [0.5, 0.6) is 0 Å². The number of ketones is 1. The second-order valence-corrected chi connectivity index (χ2v) is 4.75. The molecule has 4 nitrogen and oxygen atoms in total. The lowest BCUT2D eigenvalue weighted by atomic mass is 9.99. The molecule has 1 unspecified atom stereocenters. The summed E-state index contributed by atoms with van der Waals surface area (Å²) >= 11 is 1.37. The first-order chi connectivity index (χ1) is 7.25. The Hall–Kier alpha value is -1.10. The van der Waals surface area contributed by atoms with E-state index in [-0.39, 0.29) is 16.6 Å². The predicted molar refractivity (Wildman–Crippen MR) is 58.0 cm³/mol. The van der Waals surface area contributed by atoms with Gasteiger partial charge in [0.15, 0.2) is 5.16 Å². The summed E-state index contributed by atoms with van der Waals surface area (Å²) < 4.78 is 0. The van der Waals surface area contributed by atoms with Gasteiger partial charge in [0, 0.05) is 18.7 Å². The molecule has 15 heavy (non-hydrogen) atoms. The van der Waals surface area contributed by atoms with Gasteiger partial charge in [-0.05, 0) is 12.8 Å². The van der Waals surface area contributed by atoms with Crippen LogP contribution in [0.2, 0.25) is 0 Å². The van der Waals surface area contributed by atoms with E-state index in [1.165, 1.54) is 24.0 Å². The van der Waals surface area contributed by atoms with Gasteiger partial charge in [-0.1, -0.05) is 18.2 Å². The lowest BCUT2D eigenvalue weighted by molar-refractivity contribution is -0.119. The molecule has 1 fully saturated rings. The zero-order chi connectivity index (χ0) is 10.7. The molecule has 2 rings (SSSR count). The first kappa shape index (κ1) is 10.4. The average Bonchev–Trinajstić information content (AvgIpc) is 2.22. The van der Waals surface area contributed by atoms with Crippen molar-refractivity contribution >= 4 is 17.5 Å². The van der Waals surface area contributed by atoms with Crippen molar-refractivity contribution < 1.29 is 4.79 Å². The molecule has 1 aromatic rings. The van der Waals surface area contributed by atoms with Crippen molar-refractivity contribution in [3.8, 4) is 0 Å². The minimum atomic E-state index is -0.171. The molecular weight excluding hydrogens is 212 g/mol. The van der Waals surface area contributed by atoms with Crippen molar-refractivity contribution in [3.05, 3.63) is 22.6 Å². The summed E-state index contributed by atoms with van der Waals surface area (Å²) in [5, 5.41) is 0.520. The highest BCUT2D eigenvalue weighted by Gasteiger charge is 2.23. The monoisotopic (exact) mass is 224 g/mol. The number of hydrogen-bond acceptors (Lipinski definition) is 4. The Balaban J connectivity index is 2.07. The topological polar surface area (TPSA) is 62.8 Å². The summed E-state index contributed by atoms with van der Waals surface area (Å²) in [5.74, 6) is 0.276. The number of nitrogens with zero attached hydrogens (tertiary/aromatic N) is 1. The van der Waals surface area contributed by atoms with Crippen molar-refractivity contribution in [2.75, 3.05) is 0 Å². The second-order valence-electron chi connectivity index (χ2n) is 3.56. The molecule has 0 bridgehead atoms. The summed E-state index contributed by atoms with van der Waals surface area (Å²) in [6.07, 6.45) is 5.10. The van der Waals surface area contributed by atoms with Crippen molar-refractivity contribution in [2.24, 2.45) is 0 Å². The number of nitrogens with one attached hydrogen (secondary N) is 1. The number of hydrogen-bond donors (Lipinski definition) is 1. The molecule has 0 radical (unpaired) electrons. The molecule has 1 aliphatic rings. The van der Waals surface area contributed by atoms with Gasteiger partial charge in [0.1, 0.15) is 5.78 Å². The lowest BCUT2D eigenvalue weighted by Gasteiger charge is -2.18. The van der Waals surface area contributed by atoms with Gasteiger partial charge < -0.3 is 4.98 Å². The van der Waals surface area contributed by atoms with E-state index in [1.807, 2.05) is 0 Å². The van der Waals surface area contributed by atoms with E-state index < -0.39 is 0 Å². The minimum absolute atomic E-state index is 0.0238. The van der Waals surface area contributed by atoms with E-state index in [0.717, 1.165) is 19.3 Å². The Kier molecular flexibility index (Phi) is 3.20. The Labute approximate surface area is 91.5 Å². The maximum Gasteiger partial charge on any atom is 0.251 e. The Morgan fingerprint density at radius 2 is 2.27 bits per heavy atom. The molecule has 0 saturated heterocycles. The summed E-state index contributed by atoms with van der Waals surface area (Å²) in [6.45, 7) is 0. The highest BCUT2D eigenvalue weighted by molar-refractivity contribution is 8.00. The molecular formula is C10H12N2O2S. The molecule has 1 aromatic heterocycles. The van der Waals surface area contributed by atoms with Gasteiger partial charge in [0.25, 0.3) is 5.56 Å². The van der Waals surface area contributed by atoms with E-state index in [2.05, 4.69) is 9.97 Å². The molecule has 0 amide bonds. The normalized spacial score (nSPS) is 21.6. The van der Waals surface area contributed by atoms with Gasteiger partial charge in [-0.2, -0.15) is 0 Å². The van der Waals surface area contributed by atoms with Crippen LogP contribution in [0, 0.1) is 0 Å². The maximum absolute atomic E-state index is 11.5. The SMILES string of the molecule is O=C1CCCCC1Sc1nccc(=O)[nH]1. The van der Waals surface area contributed by atoms with Gasteiger partial charge in [-0.15, -0.1) is 0 Å². The van der Waals surface area contributed by atoms with Crippen LogP contribution in [-0.4, -0.2) is 21.0 Å². The van der Waals surface area contributed by atoms with Crippen LogP contribution in [0.4, 0.5) is 0 Å². The summed E-state index contributed by atoms with van der Waals surface area (Å²) in [4.78, 5) is 29.2. The van der Waals surface area contributed by atoms with Crippen LogP contribution in [0.15, 0.2) is 22.2 Å². The van der Waals surface area contributed by atoms with E-state index in [1.54, 1.807) is 0 Å². The first-order valence-electron chi connectivity index (χ1n) is 5.00. The summed E-state index contributed by atoms with van der Waals surface area (Å²) in [6, 6.07) is 1.37. The third kappa shape index (κ3) is 2.68. The average molecular weight is 224 g/mol. The van der Waals surface area contributed by atoms with Crippen LogP contribution in [0.1, 0.15) is 25.7 Å². The number of aromatic amines is 1. The van der Waals surface area contributed by atoms with E-state index in [4.69, 9.17) is 0 Å². The van der Waals surface area contributed by atoms with E-state index >= 15 is 0 Å². The van der Waals surface area contributed by atoms with Crippen LogP contribution in [0.3, 0.4) is 0 Å². The highest BCUT2D eigenvalue weighted by Crippen LogP contribution is 2.28. The third-order valence-corrected chi connectivity index (χ3v) is 3.61. The number of H-pyrrole nitrogens is 1. The molecule has 0 aliphatic heterocycles. The van der Waals surface area contributed by atoms with Gasteiger partial charge in [-0.3, -0.25) is 9.59 Å². The molecule has 5 heteroatoms. The quantitative estimate of drug-likeness (QED) is 0.771. The molecule has 1 N–H and O–H groups in total. The van der Waals surface area contributed by atoms with E-state index in [0.29, 0.717) is 11.6 Å². The number of thioether (sulfide) groups is 1. The number of aromatic nitrogens is 2. The number of Topliss-reactive ketones (excluding diaryl/α,β-unsaturated/α-hetero) is 1. The first-order valence-corrected chi connectivity index (χ1v) is 5.88. The predicted octanol–water partition coefficient (Wildman–Crippen LogP) is 1.37. The zero-order valence-corrected chi connectivity index (χ0v) is 9.05. The third-order valence-electron chi connectivity index (χ3n) is 2.40. The molecule has 1 atom stereocenters. The highest BCUT2D eigenvalue weighted by atomic mass is 32.2. The fourth-order valence-corrected chi connectivity index (χ4v) is 2.71. The largest absolute Gasteiger partial charge is 0.301 e. The molecule has 1 saturated carbocycles. The molecule has 0 aromatic carbocycles. The Morgan fingerprint density at radius 3 is 3.00 bits per heavy atom. The lowest BCUT2D eigenvalue weighted by Crippen LogP contribution is -2.22. The van der Waals surface area contributed by atoms with Crippen LogP contribution >= 0.6 is 11.8 Å². The molecule has 1 aliphatic carbocycles. The van der Waals surface area contributed by atoms with Crippen LogP contribution in [-0.2, 0) is 4.79 Å². The minimum Gasteiger partial charge on any atom is -0.301 e. The number of rotatable bonds is 2.